The Kier molecular flexibility index (Phi) is 5.40. The molecule has 0 spiro atoms. The molecule has 0 radical (unpaired) electrons. The number of hydrogen-bond donors (Lipinski definition) is 4. The van der Waals surface area contributed by atoms with Crippen LogP contribution in [0, 0.1) is 5.92 Å². The van der Waals surface area contributed by atoms with E-state index in [4.69, 9.17) is 5.73 Å². The Labute approximate surface area is 107 Å². The molecule has 3 amide bonds. The molecule has 1 atom stereocenters. The lowest BCUT2D eigenvalue weighted by molar-refractivity contribution is -0.125. The van der Waals surface area contributed by atoms with Crippen molar-refractivity contribution in [2.45, 2.75) is 57.7 Å². The van der Waals surface area contributed by atoms with E-state index < -0.39 is 12.1 Å². The molecule has 1 fully saturated rings. The van der Waals surface area contributed by atoms with Crippen LogP contribution in [0.3, 0.4) is 0 Å². The van der Waals surface area contributed by atoms with E-state index in [9.17, 15) is 14.7 Å². The summed E-state index contributed by atoms with van der Waals surface area (Å²) in [5.74, 6) is -0.225. The fourth-order valence-corrected chi connectivity index (χ4v) is 2.20. The number of hydrogen-bond acceptors (Lipinski definition) is 3. The van der Waals surface area contributed by atoms with Gasteiger partial charge in [0.2, 0.25) is 5.91 Å². The third kappa shape index (κ3) is 4.52. The van der Waals surface area contributed by atoms with Crippen molar-refractivity contribution in [2.75, 3.05) is 0 Å². The third-order valence-corrected chi connectivity index (χ3v) is 3.29. The molecular formula is C12H23N3O3. The second-order valence-corrected chi connectivity index (χ2v) is 5.24. The smallest absolute Gasteiger partial charge is 0.312 e. The normalized spacial score (nSPS) is 25.6. The highest BCUT2D eigenvalue weighted by Crippen LogP contribution is 2.18. The molecule has 0 heterocycles. The number of nitrogens with two attached hydrogens (primary N) is 1. The zero-order valence-electron chi connectivity index (χ0n) is 11.0. The lowest BCUT2D eigenvalue weighted by atomic mass is 9.92. The molecule has 0 aromatic rings. The molecule has 1 aliphatic rings. The molecular weight excluding hydrogens is 234 g/mol. The van der Waals surface area contributed by atoms with Gasteiger partial charge in [0, 0.05) is 6.04 Å². The summed E-state index contributed by atoms with van der Waals surface area (Å²) in [7, 11) is 0. The van der Waals surface area contributed by atoms with E-state index >= 15 is 0 Å². The second-order valence-electron chi connectivity index (χ2n) is 5.24. The summed E-state index contributed by atoms with van der Waals surface area (Å²) in [6.45, 7) is 3.70. The van der Waals surface area contributed by atoms with E-state index in [0.29, 0.717) is 12.8 Å². The molecule has 1 saturated carbocycles. The van der Waals surface area contributed by atoms with Crippen LogP contribution in [0.15, 0.2) is 0 Å². The molecule has 5 N–H and O–H groups in total. The Morgan fingerprint density at radius 2 is 1.78 bits per heavy atom. The van der Waals surface area contributed by atoms with Crippen molar-refractivity contribution in [1.29, 1.82) is 0 Å². The van der Waals surface area contributed by atoms with Gasteiger partial charge >= 0.3 is 6.03 Å². The highest BCUT2D eigenvalue weighted by atomic mass is 16.3. The molecule has 0 aromatic carbocycles. The maximum atomic E-state index is 12.0. The SMILES string of the molecule is CC(C)C(NC(N)=O)C(=O)NC1CCC(O)CC1. The number of aliphatic hydroxyl groups excluding tert-OH is 1. The third-order valence-electron chi connectivity index (χ3n) is 3.29. The van der Waals surface area contributed by atoms with Gasteiger partial charge in [-0.05, 0) is 31.6 Å². The number of carbonyl (C=O) groups excluding carboxylic acids is 2. The van der Waals surface area contributed by atoms with E-state index in [-0.39, 0.29) is 24.0 Å². The molecule has 0 aliphatic heterocycles. The van der Waals surface area contributed by atoms with Gasteiger partial charge < -0.3 is 21.5 Å². The lowest BCUT2D eigenvalue weighted by Crippen LogP contribution is -2.53. The van der Waals surface area contributed by atoms with Gasteiger partial charge in [-0.1, -0.05) is 13.8 Å². The molecule has 6 nitrogen and oxygen atoms in total. The summed E-state index contributed by atoms with van der Waals surface area (Å²) in [6, 6.07) is -1.21. The molecule has 104 valence electrons. The molecule has 1 unspecified atom stereocenters. The van der Waals surface area contributed by atoms with Crippen LogP contribution in [0.5, 0.6) is 0 Å². The first-order valence-corrected chi connectivity index (χ1v) is 6.44. The summed E-state index contributed by atoms with van der Waals surface area (Å²) >= 11 is 0. The summed E-state index contributed by atoms with van der Waals surface area (Å²) < 4.78 is 0. The number of urea groups is 1. The topological polar surface area (TPSA) is 104 Å². The Hall–Kier alpha value is -1.30. The number of rotatable bonds is 4. The molecule has 0 saturated heterocycles. The van der Waals surface area contributed by atoms with Gasteiger partial charge in [-0.3, -0.25) is 4.79 Å². The zero-order valence-corrected chi connectivity index (χ0v) is 11.0. The van der Waals surface area contributed by atoms with E-state index in [1.54, 1.807) is 0 Å². The van der Waals surface area contributed by atoms with Gasteiger partial charge in [0.15, 0.2) is 0 Å². The second kappa shape index (κ2) is 6.58. The minimum atomic E-state index is -0.692. The minimum Gasteiger partial charge on any atom is -0.393 e. The Morgan fingerprint density at radius 1 is 1.22 bits per heavy atom. The maximum absolute atomic E-state index is 12.0. The fourth-order valence-electron chi connectivity index (χ4n) is 2.20. The monoisotopic (exact) mass is 257 g/mol. The Balaban J connectivity index is 2.48. The van der Waals surface area contributed by atoms with Crippen LogP contribution in [0.2, 0.25) is 0 Å². The number of aliphatic hydroxyl groups is 1. The van der Waals surface area contributed by atoms with E-state index in [0.717, 1.165) is 12.8 Å². The summed E-state index contributed by atoms with van der Waals surface area (Å²) in [6.07, 6.45) is 2.71. The number of primary amides is 1. The molecule has 0 aromatic heterocycles. The van der Waals surface area contributed by atoms with Crippen molar-refractivity contribution in [3.8, 4) is 0 Å². The average Bonchev–Trinajstić information content (AvgIpc) is 2.28. The van der Waals surface area contributed by atoms with Crippen LogP contribution < -0.4 is 16.4 Å². The summed E-state index contributed by atoms with van der Waals surface area (Å²) in [5, 5.41) is 14.8. The Bertz CT molecular complexity index is 299. The van der Waals surface area contributed by atoms with Crippen molar-refractivity contribution < 1.29 is 14.7 Å². The highest BCUT2D eigenvalue weighted by molar-refractivity contribution is 5.86. The first-order valence-electron chi connectivity index (χ1n) is 6.44. The Morgan fingerprint density at radius 3 is 2.22 bits per heavy atom. The predicted molar refractivity (Wildman–Crippen MR) is 67.8 cm³/mol. The number of carbonyl (C=O) groups is 2. The van der Waals surface area contributed by atoms with E-state index in [1.807, 2.05) is 13.8 Å². The quantitative estimate of drug-likeness (QED) is 0.574. The van der Waals surface area contributed by atoms with Crippen LogP contribution in [-0.2, 0) is 4.79 Å². The lowest BCUT2D eigenvalue weighted by Gasteiger charge is -2.29. The van der Waals surface area contributed by atoms with Gasteiger partial charge in [-0.25, -0.2) is 4.79 Å². The average molecular weight is 257 g/mol. The highest BCUT2D eigenvalue weighted by Gasteiger charge is 2.27. The molecule has 18 heavy (non-hydrogen) atoms. The first-order chi connectivity index (χ1) is 8.40. The van der Waals surface area contributed by atoms with Crippen LogP contribution in [0.1, 0.15) is 39.5 Å². The van der Waals surface area contributed by atoms with E-state index in [1.165, 1.54) is 0 Å². The van der Waals surface area contributed by atoms with Gasteiger partial charge in [-0.15, -0.1) is 0 Å². The van der Waals surface area contributed by atoms with E-state index in [2.05, 4.69) is 10.6 Å². The molecule has 0 bridgehead atoms. The molecule has 1 rings (SSSR count). The summed E-state index contributed by atoms with van der Waals surface area (Å²) in [4.78, 5) is 22.9. The van der Waals surface area contributed by atoms with Crippen molar-refractivity contribution >= 4 is 11.9 Å². The number of nitrogens with one attached hydrogen (secondary N) is 2. The van der Waals surface area contributed by atoms with Crippen LogP contribution in [-0.4, -0.2) is 35.2 Å². The van der Waals surface area contributed by atoms with Crippen molar-refractivity contribution in [1.82, 2.24) is 10.6 Å². The largest absolute Gasteiger partial charge is 0.393 e. The zero-order chi connectivity index (χ0) is 13.7. The summed E-state index contributed by atoms with van der Waals surface area (Å²) in [5.41, 5.74) is 5.06. The molecule has 1 aliphatic carbocycles. The van der Waals surface area contributed by atoms with Gasteiger partial charge in [0.1, 0.15) is 6.04 Å². The standard InChI is InChI=1S/C12H23N3O3/c1-7(2)10(15-12(13)18)11(17)14-8-3-5-9(16)6-4-8/h7-10,16H,3-6H2,1-2H3,(H,14,17)(H3,13,15,18). The number of amides is 3. The fraction of sp³-hybridized carbons (Fsp3) is 0.833. The van der Waals surface area contributed by atoms with Crippen molar-refractivity contribution in [2.24, 2.45) is 11.7 Å². The molecule has 6 heteroatoms. The van der Waals surface area contributed by atoms with Crippen LogP contribution in [0.4, 0.5) is 4.79 Å². The van der Waals surface area contributed by atoms with Crippen molar-refractivity contribution in [3.63, 3.8) is 0 Å². The van der Waals surface area contributed by atoms with Crippen LogP contribution >= 0.6 is 0 Å². The minimum absolute atomic E-state index is 0.0216. The van der Waals surface area contributed by atoms with Gasteiger partial charge in [0.25, 0.3) is 0 Å². The van der Waals surface area contributed by atoms with Crippen LogP contribution in [0.25, 0.3) is 0 Å². The van der Waals surface area contributed by atoms with Gasteiger partial charge in [0.05, 0.1) is 6.10 Å². The van der Waals surface area contributed by atoms with Crippen molar-refractivity contribution in [3.05, 3.63) is 0 Å². The first kappa shape index (κ1) is 14.8. The van der Waals surface area contributed by atoms with Gasteiger partial charge in [-0.2, -0.15) is 0 Å². The predicted octanol–water partition coefficient (Wildman–Crippen LogP) is 0.0990. The maximum Gasteiger partial charge on any atom is 0.312 e.